The maximum Gasteiger partial charge on any atom is 0.250 e. The molecule has 0 saturated carbocycles. The zero-order valence-electron chi connectivity index (χ0n) is 11.9. The lowest BCUT2D eigenvalue weighted by atomic mass is 10.1. The summed E-state index contributed by atoms with van der Waals surface area (Å²) in [5.41, 5.74) is 0.959. The van der Waals surface area contributed by atoms with Crippen molar-refractivity contribution in [1.29, 1.82) is 0 Å². The maximum absolute atomic E-state index is 12.4. The molecule has 0 radical (unpaired) electrons. The summed E-state index contributed by atoms with van der Waals surface area (Å²) < 4.78 is 39.9. The summed E-state index contributed by atoms with van der Waals surface area (Å²) in [6, 6.07) is 12.7. The van der Waals surface area contributed by atoms with Gasteiger partial charge in [0.2, 0.25) is 0 Å². The van der Waals surface area contributed by atoms with Crippen LogP contribution in [0.5, 0.6) is 0 Å². The van der Waals surface area contributed by atoms with Crippen molar-refractivity contribution in [2.24, 2.45) is 0 Å². The summed E-state index contributed by atoms with van der Waals surface area (Å²) in [6.45, 7) is 3.22. The zero-order chi connectivity index (χ0) is 15.5. The smallest absolute Gasteiger partial charge is 0.250 e. The van der Waals surface area contributed by atoms with Gasteiger partial charge in [0.25, 0.3) is 10.0 Å². The average molecular weight is 343 g/mol. The number of hydrogen-bond donors (Lipinski definition) is 1. The van der Waals surface area contributed by atoms with Gasteiger partial charge in [-0.1, -0.05) is 36.4 Å². The second kappa shape index (κ2) is 6.44. The fraction of sp³-hybridized carbons (Fsp3) is 0.286. The van der Waals surface area contributed by atoms with Crippen molar-refractivity contribution in [3.05, 3.63) is 53.4 Å². The molecule has 0 bridgehead atoms. The molecule has 0 saturated heterocycles. The predicted octanol–water partition coefficient (Wildman–Crippen LogP) is 3.22. The molecule has 1 N–H and O–H groups in total. The van der Waals surface area contributed by atoms with Crippen LogP contribution in [0, 0.1) is 0 Å². The first-order chi connectivity index (χ1) is 9.79. The van der Waals surface area contributed by atoms with Crippen molar-refractivity contribution in [3.63, 3.8) is 0 Å². The fourth-order valence-electron chi connectivity index (χ4n) is 1.88. The van der Waals surface area contributed by atoms with E-state index in [1.165, 1.54) is 0 Å². The van der Waals surface area contributed by atoms with E-state index in [0.717, 1.165) is 16.9 Å². The van der Waals surface area contributed by atoms with Gasteiger partial charge in [0.1, 0.15) is 4.21 Å². The molecule has 1 heterocycles. The van der Waals surface area contributed by atoms with Crippen molar-refractivity contribution in [3.8, 4) is 0 Å². The second-order valence-corrected chi connectivity index (χ2v) is 11.6. The molecule has 0 aliphatic heterocycles. The van der Waals surface area contributed by atoms with Crippen LogP contribution in [0.25, 0.3) is 0 Å². The third-order valence-electron chi connectivity index (χ3n) is 3.07. The molecule has 2 aromatic rings. The summed E-state index contributed by atoms with van der Waals surface area (Å²) in [7, 11) is -6.25. The molecule has 1 unspecified atom stereocenters. The minimum Gasteiger partial charge on any atom is -0.322 e. The number of rotatable bonds is 6. The summed E-state index contributed by atoms with van der Waals surface area (Å²) in [6.07, 6.45) is 0.412. The molecule has 21 heavy (non-hydrogen) atoms. The van der Waals surface area contributed by atoms with E-state index in [1.54, 1.807) is 30.8 Å². The van der Waals surface area contributed by atoms with Gasteiger partial charge >= 0.3 is 0 Å². The van der Waals surface area contributed by atoms with E-state index < -0.39 is 22.9 Å². The van der Waals surface area contributed by atoms with Gasteiger partial charge < -0.3 is 4.57 Å². The molecular formula is C14H18NO3PS2. The highest BCUT2D eigenvalue weighted by molar-refractivity contribution is 7.92. The van der Waals surface area contributed by atoms with Crippen molar-refractivity contribution < 1.29 is 13.0 Å². The number of benzene rings is 1. The van der Waals surface area contributed by atoms with Crippen LogP contribution < -0.4 is 4.72 Å². The Labute approximate surface area is 129 Å². The molecular weight excluding hydrogens is 325 g/mol. The first kappa shape index (κ1) is 16.4. The van der Waals surface area contributed by atoms with Gasteiger partial charge in [-0.3, -0.25) is 0 Å². The molecule has 2 rings (SSSR count). The monoisotopic (exact) mass is 343 g/mol. The molecule has 0 spiro atoms. The molecule has 1 atom stereocenters. The highest BCUT2D eigenvalue weighted by Crippen LogP contribution is 2.43. The summed E-state index contributed by atoms with van der Waals surface area (Å²) in [5.74, 6) is -0.605. The molecule has 7 heteroatoms. The Kier molecular flexibility index (Phi) is 5.04. The Balaban J connectivity index is 2.24. The number of nitrogens with one attached hydrogen (secondary N) is 1. The van der Waals surface area contributed by atoms with Crippen molar-refractivity contribution in [1.82, 2.24) is 4.72 Å². The van der Waals surface area contributed by atoms with Gasteiger partial charge in [0, 0.05) is 0 Å². The highest BCUT2D eigenvalue weighted by Gasteiger charge is 2.29. The maximum atomic E-state index is 12.4. The van der Waals surface area contributed by atoms with Crippen LogP contribution >= 0.6 is 18.5 Å². The number of thiophene rings is 1. The molecule has 0 fully saturated rings. The topological polar surface area (TPSA) is 63.2 Å². The molecule has 1 aromatic carbocycles. The lowest BCUT2D eigenvalue weighted by molar-refractivity contribution is 0.552. The van der Waals surface area contributed by atoms with Crippen molar-refractivity contribution in [2.45, 2.75) is 16.4 Å². The SMILES string of the molecule is CP(C)(=O)C(Cc1ccccc1)NS(=O)(=O)c1cccs1. The van der Waals surface area contributed by atoms with Gasteiger partial charge in [0.15, 0.2) is 0 Å². The van der Waals surface area contributed by atoms with E-state index in [0.29, 0.717) is 6.42 Å². The predicted molar refractivity (Wildman–Crippen MR) is 88.0 cm³/mol. The van der Waals surface area contributed by atoms with Gasteiger partial charge in [0.05, 0.1) is 12.9 Å². The molecule has 1 aromatic heterocycles. The van der Waals surface area contributed by atoms with Crippen molar-refractivity contribution >= 4 is 28.5 Å². The van der Waals surface area contributed by atoms with E-state index in [1.807, 2.05) is 30.3 Å². The lowest BCUT2D eigenvalue weighted by Crippen LogP contribution is -2.35. The van der Waals surface area contributed by atoms with Gasteiger partial charge in [-0.15, -0.1) is 11.3 Å². The quantitative estimate of drug-likeness (QED) is 0.819. The van der Waals surface area contributed by atoms with Crippen LogP contribution in [0.4, 0.5) is 0 Å². The zero-order valence-corrected chi connectivity index (χ0v) is 14.4. The third kappa shape index (κ3) is 4.51. The van der Waals surface area contributed by atoms with E-state index in [4.69, 9.17) is 0 Å². The molecule has 0 aliphatic carbocycles. The minimum atomic E-state index is -3.62. The van der Waals surface area contributed by atoms with E-state index >= 15 is 0 Å². The Morgan fingerprint density at radius 2 is 1.81 bits per heavy atom. The number of hydrogen-bond acceptors (Lipinski definition) is 4. The normalized spacial score (nSPS) is 14.0. The van der Waals surface area contributed by atoms with Gasteiger partial charge in [-0.05, 0) is 36.8 Å². The molecule has 114 valence electrons. The summed E-state index contributed by atoms with van der Waals surface area (Å²) >= 11 is 1.15. The standard InChI is InChI=1S/C14H18NO3PS2/c1-19(2,16)13(11-12-7-4-3-5-8-12)15-21(17,18)14-9-6-10-20-14/h3-10,13,15H,11H2,1-2H3. The minimum absolute atomic E-state index is 0.244. The van der Waals surface area contributed by atoms with Crippen LogP contribution in [0.3, 0.4) is 0 Å². The third-order valence-corrected chi connectivity index (χ3v) is 7.93. The Bertz CT molecular complexity index is 721. The highest BCUT2D eigenvalue weighted by atomic mass is 32.2. The molecule has 4 nitrogen and oxygen atoms in total. The lowest BCUT2D eigenvalue weighted by Gasteiger charge is -2.22. The Morgan fingerprint density at radius 1 is 1.14 bits per heavy atom. The van der Waals surface area contributed by atoms with Gasteiger partial charge in [-0.25, -0.2) is 8.42 Å². The van der Waals surface area contributed by atoms with Crippen LogP contribution in [-0.2, 0) is 21.0 Å². The Morgan fingerprint density at radius 3 is 2.33 bits per heavy atom. The van der Waals surface area contributed by atoms with Gasteiger partial charge in [-0.2, -0.15) is 4.72 Å². The molecule has 0 aliphatic rings. The van der Waals surface area contributed by atoms with E-state index in [9.17, 15) is 13.0 Å². The molecule has 0 amide bonds. The summed E-state index contributed by atoms with van der Waals surface area (Å²) in [4.78, 5) is 0. The summed E-state index contributed by atoms with van der Waals surface area (Å²) in [5, 5.41) is 1.71. The van der Waals surface area contributed by atoms with E-state index in [2.05, 4.69) is 4.72 Å². The van der Waals surface area contributed by atoms with E-state index in [-0.39, 0.29) is 4.21 Å². The average Bonchev–Trinajstić information content (AvgIpc) is 2.92. The second-order valence-electron chi connectivity index (χ2n) is 5.19. The number of sulfonamides is 1. The fourth-order valence-corrected chi connectivity index (χ4v) is 6.04. The van der Waals surface area contributed by atoms with Crippen LogP contribution in [-0.4, -0.2) is 27.5 Å². The first-order valence-electron chi connectivity index (χ1n) is 6.43. The van der Waals surface area contributed by atoms with Crippen molar-refractivity contribution in [2.75, 3.05) is 13.3 Å². The first-order valence-corrected chi connectivity index (χ1v) is 11.5. The van der Waals surface area contributed by atoms with Crippen LogP contribution in [0.2, 0.25) is 0 Å². The van der Waals surface area contributed by atoms with Crippen LogP contribution in [0.1, 0.15) is 5.56 Å². The Hall–Kier alpha value is -0.940. The largest absolute Gasteiger partial charge is 0.322 e. The van der Waals surface area contributed by atoms with Crippen LogP contribution in [0.15, 0.2) is 52.1 Å².